The van der Waals surface area contributed by atoms with E-state index in [2.05, 4.69) is 36.4 Å². The number of hydrogen-bond donors (Lipinski definition) is 2. The topological polar surface area (TPSA) is 62.2 Å². The van der Waals surface area contributed by atoms with Gasteiger partial charge in [-0.2, -0.15) is 0 Å². The van der Waals surface area contributed by atoms with E-state index in [1.165, 1.54) is 0 Å². The lowest BCUT2D eigenvalue weighted by molar-refractivity contribution is 0.101. The van der Waals surface area contributed by atoms with Crippen LogP contribution in [0.1, 0.15) is 10.5 Å². The van der Waals surface area contributed by atoms with Gasteiger partial charge in [-0.25, -0.2) is 4.98 Å². The maximum absolute atomic E-state index is 12.2. The Hall–Kier alpha value is -1.57. The fraction of sp³-hybridized carbons (Fsp3) is 0.333. The van der Waals surface area contributed by atoms with Crippen LogP contribution in [0.25, 0.3) is 0 Å². The second-order valence-electron chi connectivity index (χ2n) is 5.25. The highest BCUT2D eigenvalue weighted by atomic mass is 79.9. The average Bonchev–Trinajstić information content (AvgIpc) is 2.88. The number of halogens is 2. The molecule has 0 aliphatic carbocycles. The molecule has 3 heterocycles. The van der Waals surface area contributed by atoms with Crippen molar-refractivity contribution >= 4 is 45.7 Å². The Balaban J connectivity index is 0.00000192. The number of nitrogens with one attached hydrogen (secondary N) is 2. The SMILES string of the molecule is Cl.Cn1cc(Br)cc1C(=O)Nc1ccc(N2CCNCC2)cn1. The molecule has 0 atom stereocenters. The van der Waals surface area contributed by atoms with Crippen LogP contribution in [0.3, 0.4) is 0 Å². The molecule has 0 spiro atoms. The summed E-state index contributed by atoms with van der Waals surface area (Å²) >= 11 is 3.36. The zero-order valence-corrected chi connectivity index (χ0v) is 15.2. The minimum absolute atomic E-state index is 0. The van der Waals surface area contributed by atoms with Crippen LogP contribution in [-0.2, 0) is 7.05 Å². The van der Waals surface area contributed by atoms with Gasteiger partial charge in [0.2, 0.25) is 0 Å². The van der Waals surface area contributed by atoms with Crippen LogP contribution < -0.4 is 15.5 Å². The first kappa shape index (κ1) is 17.8. The Morgan fingerprint density at radius 1 is 1.35 bits per heavy atom. The first-order chi connectivity index (χ1) is 10.6. The summed E-state index contributed by atoms with van der Waals surface area (Å²) in [5, 5.41) is 6.14. The molecule has 1 saturated heterocycles. The van der Waals surface area contributed by atoms with Crippen LogP contribution in [-0.4, -0.2) is 41.6 Å². The molecule has 2 aromatic heterocycles. The molecule has 1 amide bonds. The molecule has 8 heteroatoms. The molecule has 6 nitrogen and oxygen atoms in total. The molecule has 124 valence electrons. The number of amides is 1. The standard InChI is InChI=1S/C15H18BrN5O.ClH/c1-20-10-11(16)8-13(20)15(22)19-14-3-2-12(9-18-14)21-6-4-17-5-7-21;/h2-3,8-10,17H,4-7H2,1H3,(H,18,19,22);1H. The van der Waals surface area contributed by atoms with E-state index in [9.17, 15) is 4.79 Å². The Morgan fingerprint density at radius 2 is 2.09 bits per heavy atom. The van der Waals surface area contributed by atoms with Crippen molar-refractivity contribution in [3.8, 4) is 0 Å². The van der Waals surface area contributed by atoms with Gasteiger partial charge in [0.05, 0.1) is 11.9 Å². The molecule has 2 N–H and O–H groups in total. The van der Waals surface area contributed by atoms with E-state index in [1.807, 2.05) is 31.6 Å². The number of aromatic nitrogens is 2. The number of carbonyl (C=O) groups excluding carboxylic acids is 1. The van der Waals surface area contributed by atoms with Crippen molar-refractivity contribution in [3.05, 3.63) is 40.8 Å². The number of rotatable bonds is 3. The Labute approximate surface area is 149 Å². The molecule has 23 heavy (non-hydrogen) atoms. The molecule has 0 radical (unpaired) electrons. The zero-order valence-electron chi connectivity index (χ0n) is 12.8. The third-order valence-electron chi connectivity index (χ3n) is 3.68. The van der Waals surface area contributed by atoms with Gasteiger partial charge in [0.1, 0.15) is 11.5 Å². The van der Waals surface area contributed by atoms with Gasteiger partial charge >= 0.3 is 0 Å². The Kier molecular flexibility index (Phi) is 6.04. The maximum Gasteiger partial charge on any atom is 0.273 e. The molecule has 0 bridgehead atoms. The lowest BCUT2D eigenvalue weighted by Gasteiger charge is -2.29. The van der Waals surface area contributed by atoms with Crippen molar-refractivity contribution in [2.45, 2.75) is 0 Å². The van der Waals surface area contributed by atoms with Crippen LogP contribution in [0, 0.1) is 0 Å². The maximum atomic E-state index is 12.2. The van der Waals surface area contributed by atoms with Crippen molar-refractivity contribution in [2.75, 3.05) is 36.4 Å². The summed E-state index contributed by atoms with van der Waals surface area (Å²) in [6, 6.07) is 5.62. The number of aryl methyl sites for hydroxylation is 1. The van der Waals surface area contributed by atoms with E-state index >= 15 is 0 Å². The van der Waals surface area contributed by atoms with Gasteiger partial charge in [-0.05, 0) is 34.1 Å². The quantitative estimate of drug-likeness (QED) is 0.830. The molecule has 0 saturated carbocycles. The summed E-state index contributed by atoms with van der Waals surface area (Å²) < 4.78 is 2.65. The second-order valence-corrected chi connectivity index (χ2v) is 6.16. The van der Waals surface area contributed by atoms with E-state index in [0.717, 1.165) is 36.3 Å². The molecule has 1 aliphatic rings. The van der Waals surface area contributed by atoms with E-state index in [0.29, 0.717) is 11.5 Å². The minimum Gasteiger partial charge on any atom is -0.368 e. The number of anilines is 2. The number of carbonyl (C=O) groups is 1. The number of hydrogen-bond acceptors (Lipinski definition) is 4. The molecule has 0 aromatic carbocycles. The van der Waals surface area contributed by atoms with Gasteiger partial charge in [0, 0.05) is 43.9 Å². The lowest BCUT2D eigenvalue weighted by Crippen LogP contribution is -2.43. The van der Waals surface area contributed by atoms with Crippen molar-refractivity contribution in [1.82, 2.24) is 14.9 Å². The summed E-state index contributed by atoms with van der Waals surface area (Å²) in [7, 11) is 1.83. The van der Waals surface area contributed by atoms with Gasteiger partial charge in [-0.15, -0.1) is 12.4 Å². The molecular formula is C15H19BrClN5O. The number of nitrogens with zero attached hydrogens (tertiary/aromatic N) is 3. The summed E-state index contributed by atoms with van der Waals surface area (Å²) in [6.45, 7) is 3.93. The lowest BCUT2D eigenvalue weighted by atomic mass is 10.3. The normalized spacial score (nSPS) is 14.3. The van der Waals surface area contributed by atoms with E-state index in [-0.39, 0.29) is 18.3 Å². The van der Waals surface area contributed by atoms with Crippen molar-refractivity contribution < 1.29 is 4.79 Å². The zero-order chi connectivity index (χ0) is 15.5. The summed E-state index contributed by atoms with van der Waals surface area (Å²) in [4.78, 5) is 18.8. The van der Waals surface area contributed by atoms with Crippen molar-refractivity contribution in [2.24, 2.45) is 7.05 Å². The van der Waals surface area contributed by atoms with Crippen LogP contribution in [0.15, 0.2) is 35.1 Å². The minimum atomic E-state index is -0.171. The van der Waals surface area contributed by atoms with Gasteiger partial charge in [-0.3, -0.25) is 4.79 Å². The van der Waals surface area contributed by atoms with E-state index < -0.39 is 0 Å². The van der Waals surface area contributed by atoms with Crippen LogP contribution in [0.2, 0.25) is 0 Å². The average molecular weight is 401 g/mol. The molecule has 2 aromatic rings. The van der Waals surface area contributed by atoms with E-state index in [1.54, 1.807) is 10.6 Å². The van der Waals surface area contributed by atoms with Crippen LogP contribution in [0.4, 0.5) is 11.5 Å². The van der Waals surface area contributed by atoms with Gasteiger partial charge in [0.25, 0.3) is 5.91 Å². The highest BCUT2D eigenvalue weighted by molar-refractivity contribution is 9.10. The molecular weight excluding hydrogens is 382 g/mol. The van der Waals surface area contributed by atoms with Gasteiger partial charge < -0.3 is 20.1 Å². The Bertz CT molecular complexity index is 667. The Morgan fingerprint density at radius 3 is 2.65 bits per heavy atom. The van der Waals surface area contributed by atoms with Crippen molar-refractivity contribution in [3.63, 3.8) is 0 Å². The summed E-state index contributed by atoms with van der Waals surface area (Å²) in [5.74, 6) is 0.386. The fourth-order valence-corrected chi connectivity index (χ4v) is 3.02. The molecule has 1 aliphatic heterocycles. The largest absolute Gasteiger partial charge is 0.368 e. The van der Waals surface area contributed by atoms with Gasteiger partial charge in [0.15, 0.2) is 0 Å². The number of pyridine rings is 1. The first-order valence-electron chi connectivity index (χ1n) is 7.18. The van der Waals surface area contributed by atoms with Crippen LogP contribution in [0.5, 0.6) is 0 Å². The van der Waals surface area contributed by atoms with E-state index in [4.69, 9.17) is 0 Å². The predicted molar refractivity (Wildman–Crippen MR) is 97.6 cm³/mol. The monoisotopic (exact) mass is 399 g/mol. The highest BCUT2D eigenvalue weighted by Gasteiger charge is 2.13. The van der Waals surface area contributed by atoms with Crippen LogP contribution >= 0.6 is 28.3 Å². The summed E-state index contributed by atoms with van der Waals surface area (Å²) in [5.41, 5.74) is 1.67. The van der Waals surface area contributed by atoms with Gasteiger partial charge in [-0.1, -0.05) is 0 Å². The predicted octanol–water partition coefficient (Wildman–Crippen LogP) is 2.27. The summed E-state index contributed by atoms with van der Waals surface area (Å²) in [6.07, 6.45) is 3.65. The fourth-order valence-electron chi connectivity index (χ4n) is 2.50. The third kappa shape index (κ3) is 4.25. The second kappa shape index (κ2) is 7.81. The molecule has 0 unspecified atom stereocenters. The first-order valence-corrected chi connectivity index (χ1v) is 7.98. The smallest absolute Gasteiger partial charge is 0.273 e. The van der Waals surface area contributed by atoms with Crippen molar-refractivity contribution in [1.29, 1.82) is 0 Å². The molecule has 1 fully saturated rings. The highest BCUT2D eigenvalue weighted by Crippen LogP contribution is 2.17. The molecule has 3 rings (SSSR count). The third-order valence-corrected chi connectivity index (χ3v) is 4.11. The number of piperazine rings is 1.